The van der Waals surface area contributed by atoms with E-state index in [1.807, 2.05) is 49.6 Å². The first-order valence-electron chi connectivity index (χ1n) is 10.1. The Hall–Kier alpha value is -3.74. The summed E-state index contributed by atoms with van der Waals surface area (Å²) in [7, 11) is 0. The minimum Gasteiger partial charge on any atom is -0.370 e. The number of nitrogens with zero attached hydrogens (tertiary/aromatic N) is 4. The number of amides is 1. The van der Waals surface area contributed by atoms with Gasteiger partial charge in [0.1, 0.15) is 5.82 Å². The van der Waals surface area contributed by atoms with Crippen LogP contribution in [0.2, 0.25) is 0 Å². The van der Waals surface area contributed by atoms with Crippen LogP contribution in [0.4, 0.5) is 11.5 Å². The number of H-pyrrole nitrogens is 1. The molecule has 0 saturated carbocycles. The van der Waals surface area contributed by atoms with Gasteiger partial charge in [-0.1, -0.05) is 6.07 Å². The van der Waals surface area contributed by atoms with Crippen molar-refractivity contribution in [3.05, 3.63) is 66.2 Å². The van der Waals surface area contributed by atoms with Crippen LogP contribution in [-0.2, 0) is 0 Å². The fraction of sp³-hybridized carbons (Fsp3) is 0.217. The lowest BCUT2D eigenvalue weighted by Gasteiger charge is -2.17. The zero-order chi connectivity index (χ0) is 20.5. The topological polar surface area (TPSA) is 86.8 Å². The zero-order valence-electron chi connectivity index (χ0n) is 16.7. The van der Waals surface area contributed by atoms with E-state index in [4.69, 9.17) is 0 Å². The molecule has 1 amide bonds. The van der Waals surface area contributed by atoms with Gasteiger partial charge in [-0.25, -0.2) is 4.98 Å². The van der Waals surface area contributed by atoms with Crippen molar-refractivity contribution in [2.45, 2.75) is 19.8 Å². The van der Waals surface area contributed by atoms with Gasteiger partial charge >= 0.3 is 0 Å². The zero-order valence-corrected chi connectivity index (χ0v) is 16.7. The fourth-order valence-corrected chi connectivity index (χ4v) is 3.88. The number of fused-ring (bicyclic) bond motifs is 1. The van der Waals surface area contributed by atoms with Gasteiger partial charge in [0.25, 0.3) is 5.91 Å². The van der Waals surface area contributed by atoms with Crippen LogP contribution >= 0.6 is 0 Å². The van der Waals surface area contributed by atoms with Gasteiger partial charge < -0.3 is 10.2 Å². The number of hydrogen-bond acceptors (Lipinski definition) is 5. The monoisotopic (exact) mass is 398 g/mol. The molecule has 1 saturated heterocycles. The first-order chi connectivity index (χ1) is 14.7. The van der Waals surface area contributed by atoms with Crippen molar-refractivity contribution in [3.63, 3.8) is 0 Å². The lowest BCUT2D eigenvalue weighted by atomic mass is 10.0. The Morgan fingerprint density at radius 3 is 2.77 bits per heavy atom. The maximum Gasteiger partial charge on any atom is 0.277 e. The molecule has 0 unspecified atom stereocenters. The summed E-state index contributed by atoms with van der Waals surface area (Å²) in [4.78, 5) is 23.8. The number of anilines is 2. The summed E-state index contributed by atoms with van der Waals surface area (Å²) in [6.45, 7) is 4.10. The minimum absolute atomic E-state index is 0.291. The minimum atomic E-state index is -0.291. The maximum atomic E-state index is 12.8. The molecule has 1 aliphatic heterocycles. The Balaban J connectivity index is 1.47. The fourth-order valence-electron chi connectivity index (χ4n) is 3.88. The third kappa shape index (κ3) is 3.50. The quantitative estimate of drug-likeness (QED) is 0.538. The number of carbonyl (C=O) groups is 1. The third-order valence-electron chi connectivity index (χ3n) is 5.46. The van der Waals surface area contributed by atoms with Crippen molar-refractivity contribution < 1.29 is 4.79 Å². The third-order valence-corrected chi connectivity index (χ3v) is 5.46. The predicted molar refractivity (Wildman–Crippen MR) is 118 cm³/mol. The number of aryl methyl sites for hydroxylation is 1. The van der Waals surface area contributed by atoms with E-state index in [9.17, 15) is 4.79 Å². The molecular formula is C23H22N6O. The van der Waals surface area contributed by atoms with E-state index >= 15 is 0 Å². The molecule has 1 fully saturated rings. The molecular weight excluding hydrogens is 376 g/mol. The molecule has 5 rings (SSSR count). The number of carbonyl (C=O) groups excluding carboxylic acids is 1. The van der Waals surface area contributed by atoms with Crippen LogP contribution in [0, 0.1) is 6.92 Å². The predicted octanol–water partition coefficient (Wildman–Crippen LogP) is 4.18. The van der Waals surface area contributed by atoms with Crippen molar-refractivity contribution >= 4 is 28.3 Å². The summed E-state index contributed by atoms with van der Waals surface area (Å²) in [5.41, 5.74) is 5.35. The van der Waals surface area contributed by atoms with Gasteiger partial charge in [0, 0.05) is 36.4 Å². The summed E-state index contributed by atoms with van der Waals surface area (Å²) in [6.07, 6.45) is 7.89. The first kappa shape index (κ1) is 18.3. The highest BCUT2D eigenvalue weighted by atomic mass is 16.2. The summed E-state index contributed by atoms with van der Waals surface area (Å²) < 4.78 is 0. The Morgan fingerprint density at radius 1 is 1.07 bits per heavy atom. The lowest BCUT2D eigenvalue weighted by Crippen LogP contribution is -2.17. The second kappa shape index (κ2) is 7.59. The van der Waals surface area contributed by atoms with Crippen LogP contribution in [0.1, 0.15) is 28.9 Å². The Bertz CT molecular complexity index is 1230. The molecule has 4 aromatic rings. The van der Waals surface area contributed by atoms with Gasteiger partial charge in [0.15, 0.2) is 5.69 Å². The first-order valence-corrected chi connectivity index (χ1v) is 10.1. The molecule has 0 atom stereocenters. The summed E-state index contributed by atoms with van der Waals surface area (Å²) in [6, 6.07) is 11.8. The molecule has 4 heterocycles. The molecule has 2 N–H and O–H groups in total. The Labute approximate surface area is 174 Å². The van der Waals surface area contributed by atoms with Crippen molar-refractivity contribution in [3.8, 4) is 11.1 Å². The van der Waals surface area contributed by atoms with Gasteiger partial charge in [-0.3, -0.25) is 14.9 Å². The summed E-state index contributed by atoms with van der Waals surface area (Å²) in [5.74, 6) is 0.218. The van der Waals surface area contributed by atoms with Crippen molar-refractivity contribution in [2.75, 3.05) is 23.3 Å². The molecule has 7 heteroatoms. The van der Waals surface area contributed by atoms with E-state index in [1.165, 1.54) is 12.8 Å². The van der Waals surface area contributed by atoms with Gasteiger partial charge in [-0.15, -0.1) is 0 Å². The number of benzene rings is 1. The Kier molecular flexibility index (Phi) is 4.63. The van der Waals surface area contributed by atoms with E-state index < -0.39 is 0 Å². The van der Waals surface area contributed by atoms with Crippen molar-refractivity contribution in [1.29, 1.82) is 0 Å². The van der Waals surface area contributed by atoms with E-state index in [1.54, 1.807) is 6.20 Å². The molecule has 150 valence electrons. The molecule has 30 heavy (non-hydrogen) atoms. The molecule has 3 aromatic heterocycles. The summed E-state index contributed by atoms with van der Waals surface area (Å²) >= 11 is 0. The number of nitrogens with one attached hydrogen (secondary N) is 2. The smallest absolute Gasteiger partial charge is 0.277 e. The average molecular weight is 398 g/mol. The standard InChI is InChI=1S/C23H22N6O/c1-15-6-7-25-21(10-15)26-23(30)22-19-12-16(4-5-20(19)27-28-22)17-11-18(14-24-13-17)29-8-2-3-9-29/h4-7,10-14H,2-3,8-9H2,1H3,(H,27,28)(H,25,26,30). The molecule has 1 aromatic carbocycles. The summed E-state index contributed by atoms with van der Waals surface area (Å²) in [5, 5.41) is 10.8. The largest absolute Gasteiger partial charge is 0.370 e. The molecule has 7 nitrogen and oxygen atoms in total. The molecule has 0 radical (unpaired) electrons. The van der Waals surface area contributed by atoms with E-state index in [0.29, 0.717) is 11.5 Å². The lowest BCUT2D eigenvalue weighted by molar-refractivity contribution is 0.102. The number of rotatable bonds is 4. The van der Waals surface area contributed by atoms with Crippen molar-refractivity contribution in [1.82, 2.24) is 20.2 Å². The van der Waals surface area contributed by atoms with Gasteiger partial charge in [0.05, 0.1) is 17.4 Å². The van der Waals surface area contributed by atoms with E-state index in [2.05, 4.69) is 36.4 Å². The van der Waals surface area contributed by atoms with Crippen LogP contribution in [0.5, 0.6) is 0 Å². The van der Waals surface area contributed by atoms with E-state index in [-0.39, 0.29) is 5.91 Å². The van der Waals surface area contributed by atoms with Crippen LogP contribution in [0.3, 0.4) is 0 Å². The second-order valence-corrected chi connectivity index (χ2v) is 7.63. The number of aromatic amines is 1. The van der Waals surface area contributed by atoms with Gasteiger partial charge in [-0.05, 0) is 61.2 Å². The molecule has 0 spiro atoms. The van der Waals surface area contributed by atoms with Crippen LogP contribution < -0.4 is 10.2 Å². The molecule has 0 aliphatic carbocycles. The number of aromatic nitrogens is 4. The average Bonchev–Trinajstić information content (AvgIpc) is 3.43. The van der Waals surface area contributed by atoms with Gasteiger partial charge in [-0.2, -0.15) is 5.10 Å². The number of hydrogen-bond donors (Lipinski definition) is 2. The SMILES string of the molecule is Cc1ccnc(NC(=O)c2n[nH]c3ccc(-c4cncc(N5CCCC5)c4)cc23)c1. The molecule has 1 aliphatic rings. The number of pyridine rings is 2. The Morgan fingerprint density at radius 2 is 1.93 bits per heavy atom. The van der Waals surface area contributed by atoms with Crippen LogP contribution in [0.15, 0.2) is 55.0 Å². The van der Waals surface area contributed by atoms with Crippen molar-refractivity contribution in [2.24, 2.45) is 0 Å². The molecule has 0 bridgehead atoms. The van der Waals surface area contributed by atoms with Crippen LogP contribution in [-0.4, -0.2) is 39.2 Å². The normalized spacial score (nSPS) is 13.7. The van der Waals surface area contributed by atoms with E-state index in [0.717, 1.165) is 46.4 Å². The van der Waals surface area contributed by atoms with Gasteiger partial charge in [0.2, 0.25) is 0 Å². The van der Waals surface area contributed by atoms with Crippen LogP contribution in [0.25, 0.3) is 22.0 Å². The second-order valence-electron chi connectivity index (χ2n) is 7.63. The highest BCUT2D eigenvalue weighted by molar-refractivity contribution is 6.11. The highest BCUT2D eigenvalue weighted by Crippen LogP contribution is 2.29. The highest BCUT2D eigenvalue weighted by Gasteiger charge is 2.17. The maximum absolute atomic E-state index is 12.8.